The molecule has 0 unspecified atom stereocenters. The molecule has 1 aliphatic heterocycles. The molecule has 3 aromatic carbocycles. The van der Waals surface area contributed by atoms with Gasteiger partial charge in [0.05, 0.1) is 11.4 Å². The number of rotatable bonds is 4. The highest BCUT2D eigenvalue weighted by Gasteiger charge is 2.30. The van der Waals surface area contributed by atoms with Crippen LogP contribution in [0.15, 0.2) is 83.9 Å². The zero-order chi connectivity index (χ0) is 23.5. The van der Waals surface area contributed by atoms with Crippen LogP contribution in [0.3, 0.4) is 0 Å². The molecule has 0 fully saturated rings. The van der Waals surface area contributed by atoms with Crippen molar-refractivity contribution in [2.24, 2.45) is 4.99 Å². The number of urea groups is 1. The summed E-state index contributed by atoms with van der Waals surface area (Å²) in [4.78, 5) is 32.3. The number of anilines is 2. The Morgan fingerprint density at radius 2 is 1.74 bits per heavy atom. The van der Waals surface area contributed by atoms with Crippen LogP contribution in [0, 0.1) is 0 Å². The fraction of sp³-hybridized carbons (Fsp3) is 0.0833. The van der Waals surface area contributed by atoms with Crippen molar-refractivity contribution in [3.8, 4) is 11.4 Å². The maximum atomic E-state index is 13.2. The van der Waals surface area contributed by atoms with Gasteiger partial charge >= 0.3 is 6.03 Å². The SMILES string of the molecule is CN1C(=O)[C@@H](NC(=O)Nc2cccc(-c3nn[nH]n3)c2)N=C(c2ccccc2)c2ccccc21. The van der Waals surface area contributed by atoms with Gasteiger partial charge in [0.15, 0.2) is 0 Å². The van der Waals surface area contributed by atoms with E-state index < -0.39 is 12.2 Å². The first-order chi connectivity index (χ1) is 16.6. The molecule has 5 rings (SSSR count). The number of nitrogens with one attached hydrogen (secondary N) is 3. The molecule has 3 N–H and O–H groups in total. The number of nitrogens with zero attached hydrogens (tertiary/aromatic N) is 5. The number of benzene rings is 3. The number of likely N-dealkylation sites (N-methyl/N-ethyl adjacent to an activating group) is 1. The van der Waals surface area contributed by atoms with Crippen LogP contribution in [0.5, 0.6) is 0 Å². The van der Waals surface area contributed by atoms with E-state index in [4.69, 9.17) is 0 Å². The molecule has 168 valence electrons. The number of amides is 3. The monoisotopic (exact) mass is 452 g/mol. The predicted molar refractivity (Wildman–Crippen MR) is 127 cm³/mol. The largest absolute Gasteiger partial charge is 0.321 e. The lowest BCUT2D eigenvalue weighted by atomic mass is 10.0. The van der Waals surface area contributed by atoms with E-state index in [1.165, 1.54) is 4.90 Å². The van der Waals surface area contributed by atoms with Crippen molar-refractivity contribution < 1.29 is 9.59 Å². The molecule has 1 aromatic heterocycles. The fourth-order valence-corrected chi connectivity index (χ4v) is 3.75. The van der Waals surface area contributed by atoms with Crippen molar-refractivity contribution >= 4 is 29.0 Å². The number of tetrazole rings is 1. The van der Waals surface area contributed by atoms with Crippen molar-refractivity contribution in [3.63, 3.8) is 0 Å². The van der Waals surface area contributed by atoms with E-state index in [9.17, 15) is 9.59 Å². The number of aliphatic imine (C=N–C) groups is 1. The first kappa shape index (κ1) is 21.0. The minimum atomic E-state index is -1.12. The highest BCUT2D eigenvalue weighted by Crippen LogP contribution is 2.27. The molecule has 0 aliphatic carbocycles. The molecule has 0 spiro atoms. The number of aromatic nitrogens is 4. The highest BCUT2D eigenvalue weighted by atomic mass is 16.2. The summed E-state index contributed by atoms with van der Waals surface area (Å²) in [7, 11) is 1.67. The number of benzodiazepines with no additional fused rings is 1. The third kappa shape index (κ3) is 4.11. The van der Waals surface area contributed by atoms with Crippen molar-refractivity contribution in [1.82, 2.24) is 25.9 Å². The Labute approximate surface area is 194 Å². The molecular formula is C24H20N8O2. The minimum Gasteiger partial charge on any atom is -0.311 e. The van der Waals surface area contributed by atoms with E-state index in [1.54, 1.807) is 31.3 Å². The van der Waals surface area contributed by atoms with Crippen LogP contribution in [0.25, 0.3) is 11.4 Å². The van der Waals surface area contributed by atoms with E-state index in [1.807, 2.05) is 54.6 Å². The molecular weight excluding hydrogens is 432 g/mol. The molecule has 10 nitrogen and oxygen atoms in total. The quantitative estimate of drug-likeness (QED) is 0.439. The summed E-state index contributed by atoms with van der Waals surface area (Å²) in [5.74, 6) is 0.0496. The Kier molecular flexibility index (Phi) is 5.53. The fourth-order valence-electron chi connectivity index (χ4n) is 3.75. The first-order valence-corrected chi connectivity index (χ1v) is 10.5. The summed E-state index contributed by atoms with van der Waals surface area (Å²) < 4.78 is 0. The summed E-state index contributed by atoms with van der Waals surface area (Å²) in [5.41, 5.74) is 4.17. The Morgan fingerprint density at radius 3 is 2.53 bits per heavy atom. The summed E-state index contributed by atoms with van der Waals surface area (Å²) in [6.45, 7) is 0. The maximum Gasteiger partial charge on any atom is 0.321 e. The second-order valence-corrected chi connectivity index (χ2v) is 7.58. The molecule has 10 heteroatoms. The van der Waals surface area contributed by atoms with Gasteiger partial charge in [-0.25, -0.2) is 9.79 Å². The van der Waals surface area contributed by atoms with Crippen LogP contribution < -0.4 is 15.5 Å². The third-order valence-electron chi connectivity index (χ3n) is 5.38. The Hall–Kier alpha value is -4.86. The molecule has 0 radical (unpaired) electrons. The lowest BCUT2D eigenvalue weighted by molar-refractivity contribution is -0.119. The Bertz CT molecular complexity index is 1370. The van der Waals surface area contributed by atoms with Gasteiger partial charge in [0.25, 0.3) is 5.91 Å². The average Bonchev–Trinajstić information content (AvgIpc) is 3.39. The predicted octanol–water partition coefficient (Wildman–Crippen LogP) is 2.83. The first-order valence-electron chi connectivity index (χ1n) is 10.5. The van der Waals surface area contributed by atoms with Crippen LogP contribution in [0.2, 0.25) is 0 Å². The van der Waals surface area contributed by atoms with Crippen LogP contribution in [0.4, 0.5) is 16.2 Å². The van der Waals surface area contributed by atoms with Crippen LogP contribution >= 0.6 is 0 Å². The number of carbonyl (C=O) groups excluding carboxylic acids is 2. The molecule has 0 saturated heterocycles. The van der Waals surface area contributed by atoms with Crippen LogP contribution in [-0.4, -0.2) is 51.5 Å². The van der Waals surface area contributed by atoms with Crippen molar-refractivity contribution in [1.29, 1.82) is 0 Å². The van der Waals surface area contributed by atoms with Gasteiger partial charge in [0, 0.05) is 29.4 Å². The molecule has 4 aromatic rings. The number of fused-ring (bicyclic) bond motifs is 1. The van der Waals surface area contributed by atoms with Gasteiger partial charge in [-0.3, -0.25) is 4.79 Å². The molecule has 2 heterocycles. The standard InChI is InChI=1S/C24H20N8O2/c1-32-19-13-6-5-12-18(19)20(15-8-3-2-4-9-15)26-22(23(32)33)27-24(34)25-17-11-7-10-16(14-17)21-28-30-31-29-21/h2-14,22H,1H3,(H2,25,27,34)(H,28,29,30,31)/t22-/m1/s1. The highest BCUT2D eigenvalue weighted by molar-refractivity contribution is 6.20. The van der Waals surface area contributed by atoms with Crippen molar-refractivity contribution in [3.05, 3.63) is 90.0 Å². The van der Waals surface area contributed by atoms with Gasteiger partial charge in [0.1, 0.15) is 0 Å². The van der Waals surface area contributed by atoms with Gasteiger partial charge in [-0.05, 0) is 23.4 Å². The molecule has 1 aliphatic rings. The smallest absolute Gasteiger partial charge is 0.311 e. The van der Waals surface area contributed by atoms with E-state index >= 15 is 0 Å². The zero-order valence-electron chi connectivity index (χ0n) is 18.1. The number of aromatic amines is 1. The minimum absolute atomic E-state index is 0.353. The third-order valence-corrected chi connectivity index (χ3v) is 5.38. The number of para-hydroxylation sites is 1. The summed E-state index contributed by atoms with van der Waals surface area (Å²) in [6.07, 6.45) is -1.12. The summed E-state index contributed by atoms with van der Waals surface area (Å²) in [5, 5.41) is 19.3. The Balaban J connectivity index is 1.43. The summed E-state index contributed by atoms with van der Waals surface area (Å²) >= 11 is 0. The topological polar surface area (TPSA) is 128 Å². The molecule has 34 heavy (non-hydrogen) atoms. The Morgan fingerprint density at radius 1 is 0.971 bits per heavy atom. The van der Waals surface area contributed by atoms with Gasteiger partial charge in [0.2, 0.25) is 12.0 Å². The molecule has 3 amide bonds. The molecule has 0 bridgehead atoms. The van der Waals surface area contributed by atoms with Crippen molar-refractivity contribution in [2.75, 3.05) is 17.3 Å². The van der Waals surface area contributed by atoms with E-state index in [0.717, 1.165) is 11.1 Å². The summed E-state index contributed by atoms with van der Waals surface area (Å²) in [6, 6.07) is 23.5. The van der Waals surface area contributed by atoms with Crippen molar-refractivity contribution in [2.45, 2.75) is 6.17 Å². The number of hydrogen-bond acceptors (Lipinski definition) is 6. The molecule has 1 atom stereocenters. The van der Waals surface area contributed by atoms with E-state index in [0.29, 0.717) is 28.5 Å². The maximum absolute atomic E-state index is 13.2. The lowest BCUT2D eigenvalue weighted by Gasteiger charge is -2.21. The van der Waals surface area contributed by atoms with Gasteiger partial charge in [-0.2, -0.15) is 5.21 Å². The van der Waals surface area contributed by atoms with E-state index in [2.05, 4.69) is 36.3 Å². The van der Waals surface area contributed by atoms with Gasteiger partial charge in [-0.15, -0.1) is 10.2 Å². The average molecular weight is 452 g/mol. The zero-order valence-corrected chi connectivity index (χ0v) is 18.1. The number of H-pyrrole nitrogens is 1. The number of carbonyl (C=O) groups is 2. The van der Waals surface area contributed by atoms with Gasteiger partial charge in [-0.1, -0.05) is 60.7 Å². The van der Waals surface area contributed by atoms with Gasteiger partial charge < -0.3 is 15.5 Å². The number of hydrogen-bond donors (Lipinski definition) is 3. The molecule has 0 saturated carbocycles. The van der Waals surface area contributed by atoms with E-state index in [-0.39, 0.29) is 5.91 Å². The van der Waals surface area contributed by atoms with Crippen LogP contribution in [-0.2, 0) is 4.79 Å². The second kappa shape index (κ2) is 8.94. The normalized spacial score (nSPS) is 15.2. The second-order valence-electron chi connectivity index (χ2n) is 7.58. The van der Waals surface area contributed by atoms with Crippen LogP contribution in [0.1, 0.15) is 11.1 Å². The lowest BCUT2D eigenvalue weighted by Crippen LogP contribution is -2.47.